The lowest BCUT2D eigenvalue weighted by Gasteiger charge is -1.99. The molecule has 1 aromatic carbocycles. The zero-order valence-corrected chi connectivity index (χ0v) is 6.83. The highest BCUT2D eigenvalue weighted by molar-refractivity contribution is 5.82. The van der Waals surface area contributed by atoms with E-state index in [1.54, 1.807) is 12.1 Å². The van der Waals surface area contributed by atoms with Gasteiger partial charge in [0, 0.05) is 5.69 Å². The molecule has 0 heterocycles. The Morgan fingerprint density at radius 2 is 1.92 bits per heavy atom. The summed E-state index contributed by atoms with van der Waals surface area (Å²) in [6.07, 6.45) is -0.328. The van der Waals surface area contributed by atoms with E-state index in [1.165, 1.54) is 5.56 Å². The van der Waals surface area contributed by atoms with Crippen LogP contribution in [0.2, 0.25) is 0 Å². The van der Waals surface area contributed by atoms with E-state index in [9.17, 15) is 9.90 Å². The molecule has 0 aliphatic carbocycles. The SMILES string of the molecule is CCc1ccc(NC([O])=O)cc1. The number of anilines is 1. The molecule has 0 bridgehead atoms. The van der Waals surface area contributed by atoms with Crippen LogP contribution >= 0.6 is 0 Å². The summed E-state index contributed by atoms with van der Waals surface area (Å²) >= 11 is 0. The number of rotatable bonds is 2. The molecule has 12 heavy (non-hydrogen) atoms. The van der Waals surface area contributed by atoms with Gasteiger partial charge in [-0.1, -0.05) is 19.1 Å². The van der Waals surface area contributed by atoms with Crippen molar-refractivity contribution < 1.29 is 9.90 Å². The number of amides is 1. The third-order valence-corrected chi connectivity index (χ3v) is 1.61. The summed E-state index contributed by atoms with van der Waals surface area (Å²) in [4.78, 5) is 10.1. The Kier molecular flexibility index (Phi) is 2.69. The highest BCUT2D eigenvalue weighted by Crippen LogP contribution is 2.09. The Morgan fingerprint density at radius 3 is 2.33 bits per heavy atom. The van der Waals surface area contributed by atoms with Crippen LogP contribution in [-0.4, -0.2) is 6.09 Å². The number of hydrogen-bond donors (Lipinski definition) is 1. The second-order valence-corrected chi connectivity index (χ2v) is 2.46. The number of hydrogen-bond acceptors (Lipinski definition) is 1. The van der Waals surface area contributed by atoms with Crippen LogP contribution in [0.4, 0.5) is 10.5 Å². The summed E-state index contributed by atoms with van der Waals surface area (Å²) in [6.45, 7) is 2.04. The molecule has 1 aromatic rings. The molecule has 3 heteroatoms. The third-order valence-electron chi connectivity index (χ3n) is 1.61. The summed E-state index contributed by atoms with van der Waals surface area (Å²) in [5.41, 5.74) is 1.73. The van der Waals surface area contributed by atoms with Gasteiger partial charge in [0.25, 0.3) is 0 Å². The molecule has 63 valence electrons. The molecule has 0 aliphatic heterocycles. The maximum absolute atomic E-state index is 10.1. The molecule has 0 fully saturated rings. The van der Waals surface area contributed by atoms with Crippen molar-refractivity contribution in [1.82, 2.24) is 0 Å². The molecule has 1 rings (SSSR count). The average molecular weight is 164 g/mol. The van der Waals surface area contributed by atoms with Gasteiger partial charge in [0.2, 0.25) is 0 Å². The minimum Gasteiger partial charge on any atom is -0.288 e. The number of benzene rings is 1. The smallest absolute Gasteiger partial charge is 0.288 e. The van der Waals surface area contributed by atoms with Crippen molar-refractivity contribution in [2.75, 3.05) is 5.32 Å². The third kappa shape index (κ3) is 2.27. The minimum absolute atomic E-state index is 0.548. The Labute approximate surface area is 71.0 Å². The van der Waals surface area contributed by atoms with Crippen molar-refractivity contribution in [2.24, 2.45) is 0 Å². The van der Waals surface area contributed by atoms with E-state index in [0.717, 1.165) is 6.42 Å². The van der Waals surface area contributed by atoms with Gasteiger partial charge < -0.3 is 0 Å². The number of nitrogens with one attached hydrogen (secondary N) is 1. The second-order valence-electron chi connectivity index (χ2n) is 2.46. The fraction of sp³-hybridized carbons (Fsp3) is 0.222. The molecule has 1 radical (unpaired) electrons. The van der Waals surface area contributed by atoms with Crippen LogP contribution in [-0.2, 0) is 11.5 Å². The maximum atomic E-state index is 10.1. The van der Waals surface area contributed by atoms with Gasteiger partial charge in [-0.25, -0.2) is 9.90 Å². The molecule has 0 saturated heterocycles. The average Bonchev–Trinajstić information content (AvgIpc) is 2.05. The largest absolute Gasteiger partial charge is 0.454 e. The summed E-state index contributed by atoms with van der Waals surface area (Å²) in [6, 6.07) is 7.19. The van der Waals surface area contributed by atoms with Crippen LogP contribution in [0.25, 0.3) is 0 Å². The van der Waals surface area contributed by atoms with Crippen LogP contribution < -0.4 is 5.32 Å². The molecule has 0 aromatic heterocycles. The molecule has 3 nitrogen and oxygen atoms in total. The van der Waals surface area contributed by atoms with E-state index in [1.807, 2.05) is 19.1 Å². The lowest BCUT2D eigenvalue weighted by Crippen LogP contribution is -2.05. The van der Waals surface area contributed by atoms with Gasteiger partial charge in [0.1, 0.15) is 0 Å². The van der Waals surface area contributed by atoms with Crippen molar-refractivity contribution in [2.45, 2.75) is 13.3 Å². The molecule has 0 aliphatic rings. The van der Waals surface area contributed by atoms with E-state index in [4.69, 9.17) is 0 Å². The lowest BCUT2D eigenvalue weighted by molar-refractivity contribution is 0.185. The van der Waals surface area contributed by atoms with E-state index in [2.05, 4.69) is 5.32 Å². The van der Waals surface area contributed by atoms with Crippen LogP contribution in [0.1, 0.15) is 12.5 Å². The van der Waals surface area contributed by atoms with E-state index in [0.29, 0.717) is 5.69 Å². The van der Waals surface area contributed by atoms with Crippen molar-refractivity contribution in [3.8, 4) is 0 Å². The fourth-order valence-electron chi connectivity index (χ4n) is 0.942. The van der Waals surface area contributed by atoms with Gasteiger partial charge in [-0.05, 0) is 24.1 Å². The van der Waals surface area contributed by atoms with E-state index >= 15 is 0 Å². The van der Waals surface area contributed by atoms with Crippen molar-refractivity contribution in [3.05, 3.63) is 29.8 Å². The Morgan fingerprint density at radius 1 is 1.33 bits per heavy atom. The minimum atomic E-state index is -1.28. The quantitative estimate of drug-likeness (QED) is 0.715. The molecule has 1 amide bonds. The maximum Gasteiger partial charge on any atom is 0.454 e. The number of carbonyl (C=O) groups excluding carboxylic acids is 1. The van der Waals surface area contributed by atoms with Gasteiger partial charge in [0.15, 0.2) is 0 Å². The first-order valence-corrected chi connectivity index (χ1v) is 3.79. The topological polar surface area (TPSA) is 49.0 Å². The fourth-order valence-corrected chi connectivity index (χ4v) is 0.942. The lowest BCUT2D eigenvalue weighted by atomic mass is 10.1. The normalized spacial score (nSPS) is 9.42. The molecule has 0 unspecified atom stereocenters. The van der Waals surface area contributed by atoms with Crippen LogP contribution in [0, 0.1) is 0 Å². The first-order valence-electron chi connectivity index (χ1n) is 3.79. The molecule has 1 N–H and O–H groups in total. The summed E-state index contributed by atoms with van der Waals surface area (Å²) < 4.78 is 0. The Hall–Kier alpha value is -1.51. The molecule has 0 atom stereocenters. The standard InChI is InChI=1S/C9H10NO2/c1-2-7-3-5-8(6-4-7)10-9(11)12/h3-6,10H,2H2,1H3. The highest BCUT2D eigenvalue weighted by Gasteiger charge is 1.98. The summed E-state index contributed by atoms with van der Waals surface area (Å²) in [7, 11) is 0. The first kappa shape index (κ1) is 8.59. The van der Waals surface area contributed by atoms with E-state index in [-0.39, 0.29) is 0 Å². The Bertz CT molecular complexity index is 266. The highest BCUT2D eigenvalue weighted by atomic mass is 16.4. The zero-order valence-electron chi connectivity index (χ0n) is 6.83. The van der Waals surface area contributed by atoms with Crippen LogP contribution in [0.3, 0.4) is 0 Å². The number of aryl methyl sites for hydroxylation is 1. The summed E-state index contributed by atoms with van der Waals surface area (Å²) in [5.74, 6) is 0. The van der Waals surface area contributed by atoms with Crippen LogP contribution in [0.15, 0.2) is 24.3 Å². The van der Waals surface area contributed by atoms with Crippen molar-refractivity contribution in [1.29, 1.82) is 0 Å². The first-order chi connectivity index (χ1) is 5.72. The monoisotopic (exact) mass is 164 g/mol. The Balaban J connectivity index is 2.71. The van der Waals surface area contributed by atoms with Gasteiger partial charge in [-0.2, -0.15) is 0 Å². The molecule has 0 saturated carbocycles. The van der Waals surface area contributed by atoms with Gasteiger partial charge in [0.05, 0.1) is 0 Å². The van der Waals surface area contributed by atoms with Crippen LogP contribution in [0.5, 0.6) is 0 Å². The van der Waals surface area contributed by atoms with Crippen molar-refractivity contribution in [3.63, 3.8) is 0 Å². The predicted octanol–water partition coefficient (Wildman–Crippen LogP) is 2.21. The molecular formula is C9H10NO2. The van der Waals surface area contributed by atoms with Gasteiger partial charge in [-0.15, -0.1) is 0 Å². The van der Waals surface area contributed by atoms with Gasteiger partial charge >= 0.3 is 6.09 Å². The molecule has 0 spiro atoms. The zero-order chi connectivity index (χ0) is 8.97. The van der Waals surface area contributed by atoms with E-state index < -0.39 is 6.09 Å². The van der Waals surface area contributed by atoms with Crippen molar-refractivity contribution >= 4 is 11.8 Å². The second kappa shape index (κ2) is 3.76. The summed E-state index contributed by atoms with van der Waals surface area (Å²) in [5, 5.41) is 12.3. The number of carbonyl (C=O) groups is 1. The van der Waals surface area contributed by atoms with Gasteiger partial charge in [-0.3, -0.25) is 5.32 Å². The molecular weight excluding hydrogens is 154 g/mol. The predicted molar refractivity (Wildman–Crippen MR) is 45.5 cm³/mol.